The van der Waals surface area contributed by atoms with Crippen molar-refractivity contribution in [1.82, 2.24) is 5.32 Å². The van der Waals surface area contributed by atoms with E-state index in [1.165, 1.54) is 11.1 Å². The molecule has 0 bridgehead atoms. The van der Waals surface area contributed by atoms with Gasteiger partial charge in [0, 0.05) is 30.1 Å². The lowest BCUT2D eigenvalue weighted by Gasteiger charge is -2.31. The van der Waals surface area contributed by atoms with Crippen LogP contribution in [0.5, 0.6) is 11.5 Å². The molecule has 0 saturated heterocycles. The number of rotatable bonds is 3. The van der Waals surface area contributed by atoms with Gasteiger partial charge in [-0.25, -0.2) is 0 Å². The Kier molecular flexibility index (Phi) is 3.57. The smallest absolute Gasteiger partial charge is 0.123 e. The number of nitrogens with one attached hydrogen (secondary N) is 1. The van der Waals surface area contributed by atoms with E-state index in [0.717, 1.165) is 24.6 Å². The molecule has 2 rings (SSSR count). The number of methoxy groups -OCH3 is 2. The van der Waals surface area contributed by atoms with Gasteiger partial charge >= 0.3 is 0 Å². The SMILES string of the molecule is COc1ccc(OC)c2c1CNCC2C(C)C. The molecule has 1 atom stereocenters. The van der Waals surface area contributed by atoms with Gasteiger partial charge in [0.05, 0.1) is 14.2 Å². The molecule has 1 heterocycles. The van der Waals surface area contributed by atoms with Crippen molar-refractivity contribution >= 4 is 0 Å². The molecule has 0 spiro atoms. The summed E-state index contributed by atoms with van der Waals surface area (Å²) in [7, 11) is 3.46. The van der Waals surface area contributed by atoms with Crippen LogP contribution in [0.4, 0.5) is 0 Å². The predicted molar refractivity (Wildman–Crippen MR) is 68.8 cm³/mol. The molecule has 94 valence electrons. The molecule has 1 aromatic rings. The van der Waals surface area contributed by atoms with E-state index in [1.54, 1.807) is 14.2 Å². The highest BCUT2D eigenvalue weighted by Crippen LogP contribution is 2.40. The number of ether oxygens (including phenoxy) is 2. The zero-order chi connectivity index (χ0) is 12.4. The first-order chi connectivity index (χ1) is 8.19. The normalized spacial score (nSPS) is 19.0. The monoisotopic (exact) mass is 235 g/mol. The molecule has 1 N–H and O–H groups in total. The van der Waals surface area contributed by atoms with Crippen molar-refractivity contribution in [2.24, 2.45) is 5.92 Å². The molecular weight excluding hydrogens is 214 g/mol. The quantitative estimate of drug-likeness (QED) is 0.873. The molecule has 0 fully saturated rings. The maximum Gasteiger partial charge on any atom is 0.123 e. The van der Waals surface area contributed by atoms with Gasteiger partial charge in [0.1, 0.15) is 11.5 Å². The summed E-state index contributed by atoms with van der Waals surface area (Å²) in [5, 5.41) is 3.46. The molecule has 17 heavy (non-hydrogen) atoms. The van der Waals surface area contributed by atoms with Crippen molar-refractivity contribution < 1.29 is 9.47 Å². The van der Waals surface area contributed by atoms with E-state index < -0.39 is 0 Å². The molecule has 0 saturated carbocycles. The van der Waals surface area contributed by atoms with Crippen LogP contribution in [0.15, 0.2) is 12.1 Å². The minimum absolute atomic E-state index is 0.490. The van der Waals surface area contributed by atoms with Crippen molar-refractivity contribution in [2.75, 3.05) is 20.8 Å². The number of benzene rings is 1. The van der Waals surface area contributed by atoms with Gasteiger partial charge in [-0.2, -0.15) is 0 Å². The molecule has 0 amide bonds. The van der Waals surface area contributed by atoms with Gasteiger partial charge in [-0.3, -0.25) is 0 Å². The molecule has 3 nitrogen and oxygen atoms in total. The van der Waals surface area contributed by atoms with Crippen LogP contribution in [-0.4, -0.2) is 20.8 Å². The fourth-order valence-corrected chi connectivity index (χ4v) is 2.61. The lowest BCUT2D eigenvalue weighted by molar-refractivity contribution is 0.361. The summed E-state index contributed by atoms with van der Waals surface area (Å²) < 4.78 is 11.0. The Balaban J connectivity index is 2.56. The second-order valence-corrected chi connectivity index (χ2v) is 4.84. The van der Waals surface area contributed by atoms with Gasteiger partial charge in [-0.15, -0.1) is 0 Å². The van der Waals surface area contributed by atoms with E-state index in [4.69, 9.17) is 9.47 Å². The minimum Gasteiger partial charge on any atom is -0.496 e. The third-order valence-corrected chi connectivity index (χ3v) is 3.56. The maximum absolute atomic E-state index is 5.51. The molecule has 1 aromatic carbocycles. The van der Waals surface area contributed by atoms with Gasteiger partial charge in [-0.05, 0) is 18.1 Å². The summed E-state index contributed by atoms with van der Waals surface area (Å²) >= 11 is 0. The van der Waals surface area contributed by atoms with Crippen LogP contribution in [0.2, 0.25) is 0 Å². The zero-order valence-corrected chi connectivity index (χ0v) is 11.0. The van der Waals surface area contributed by atoms with E-state index in [0.29, 0.717) is 11.8 Å². The van der Waals surface area contributed by atoms with E-state index in [-0.39, 0.29) is 0 Å². The zero-order valence-electron chi connectivity index (χ0n) is 11.0. The van der Waals surface area contributed by atoms with Gasteiger partial charge in [0.2, 0.25) is 0 Å². The summed E-state index contributed by atoms with van der Waals surface area (Å²) in [6.07, 6.45) is 0. The van der Waals surface area contributed by atoms with E-state index in [1.807, 2.05) is 12.1 Å². The molecule has 1 aliphatic heterocycles. The van der Waals surface area contributed by atoms with Crippen LogP contribution < -0.4 is 14.8 Å². The molecule has 1 aliphatic rings. The van der Waals surface area contributed by atoms with Crippen LogP contribution in [0.25, 0.3) is 0 Å². The van der Waals surface area contributed by atoms with Crippen molar-refractivity contribution in [3.63, 3.8) is 0 Å². The van der Waals surface area contributed by atoms with Gasteiger partial charge < -0.3 is 14.8 Å². The summed E-state index contributed by atoms with van der Waals surface area (Å²) in [5.74, 6) is 3.02. The first kappa shape index (κ1) is 12.2. The van der Waals surface area contributed by atoms with E-state index in [2.05, 4.69) is 19.2 Å². The molecular formula is C14H21NO2. The highest BCUT2D eigenvalue weighted by Gasteiger charge is 2.28. The molecule has 0 radical (unpaired) electrons. The summed E-state index contributed by atoms with van der Waals surface area (Å²) in [6, 6.07) is 4.00. The third kappa shape index (κ3) is 2.12. The summed E-state index contributed by atoms with van der Waals surface area (Å²) in [6.45, 7) is 6.37. The Labute approximate surface area is 103 Å². The Morgan fingerprint density at radius 1 is 1.18 bits per heavy atom. The van der Waals surface area contributed by atoms with Crippen molar-refractivity contribution in [3.05, 3.63) is 23.3 Å². The van der Waals surface area contributed by atoms with Crippen molar-refractivity contribution in [3.8, 4) is 11.5 Å². The molecule has 0 aromatic heterocycles. The van der Waals surface area contributed by atoms with Gasteiger partial charge in [-0.1, -0.05) is 13.8 Å². The topological polar surface area (TPSA) is 30.5 Å². The number of hydrogen-bond donors (Lipinski definition) is 1. The van der Waals surface area contributed by atoms with E-state index in [9.17, 15) is 0 Å². The lowest BCUT2D eigenvalue weighted by Crippen LogP contribution is -2.31. The fraction of sp³-hybridized carbons (Fsp3) is 0.571. The number of hydrogen-bond acceptors (Lipinski definition) is 3. The Morgan fingerprint density at radius 2 is 1.82 bits per heavy atom. The van der Waals surface area contributed by atoms with Crippen LogP contribution in [0.1, 0.15) is 30.9 Å². The predicted octanol–water partition coefficient (Wildman–Crippen LogP) is 2.55. The van der Waals surface area contributed by atoms with E-state index >= 15 is 0 Å². The van der Waals surface area contributed by atoms with Crippen LogP contribution >= 0.6 is 0 Å². The summed E-state index contributed by atoms with van der Waals surface area (Å²) in [4.78, 5) is 0. The maximum atomic E-state index is 5.51. The average Bonchev–Trinajstić information content (AvgIpc) is 2.36. The summed E-state index contributed by atoms with van der Waals surface area (Å²) in [5.41, 5.74) is 2.57. The van der Waals surface area contributed by atoms with Crippen LogP contribution in [0, 0.1) is 5.92 Å². The third-order valence-electron chi connectivity index (χ3n) is 3.56. The largest absolute Gasteiger partial charge is 0.496 e. The standard InChI is InChI=1S/C14H21NO2/c1-9(2)10-7-15-8-11-12(16-3)5-6-13(17-4)14(10)11/h5-6,9-10,15H,7-8H2,1-4H3. The molecule has 3 heteroatoms. The highest BCUT2D eigenvalue weighted by molar-refractivity contribution is 5.52. The second-order valence-electron chi connectivity index (χ2n) is 4.84. The van der Waals surface area contributed by atoms with Gasteiger partial charge in [0.15, 0.2) is 0 Å². The van der Waals surface area contributed by atoms with Crippen molar-refractivity contribution in [1.29, 1.82) is 0 Å². The molecule has 0 aliphatic carbocycles. The average molecular weight is 235 g/mol. The Morgan fingerprint density at radius 3 is 2.41 bits per heavy atom. The Bertz CT molecular complexity index is 401. The first-order valence-corrected chi connectivity index (χ1v) is 6.13. The van der Waals surface area contributed by atoms with Crippen LogP contribution in [0.3, 0.4) is 0 Å². The lowest BCUT2D eigenvalue weighted by atomic mass is 9.82. The highest BCUT2D eigenvalue weighted by atomic mass is 16.5. The Hall–Kier alpha value is -1.22. The number of fused-ring (bicyclic) bond motifs is 1. The minimum atomic E-state index is 0.490. The molecule has 1 unspecified atom stereocenters. The second kappa shape index (κ2) is 4.96. The van der Waals surface area contributed by atoms with Crippen molar-refractivity contribution in [2.45, 2.75) is 26.3 Å². The van der Waals surface area contributed by atoms with Crippen LogP contribution in [-0.2, 0) is 6.54 Å². The van der Waals surface area contributed by atoms with Gasteiger partial charge in [0.25, 0.3) is 0 Å². The fourth-order valence-electron chi connectivity index (χ4n) is 2.61. The first-order valence-electron chi connectivity index (χ1n) is 6.13.